The van der Waals surface area contributed by atoms with Gasteiger partial charge in [-0.15, -0.1) is 0 Å². The first kappa shape index (κ1) is 19.3. The molecule has 0 bridgehead atoms. The molecule has 0 unspecified atom stereocenters. The van der Waals surface area contributed by atoms with Crippen LogP contribution in [0, 0.1) is 5.92 Å². The van der Waals surface area contributed by atoms with E-state index in [0.717, 1.165) is 16.9 Å². The van der Waals surface area contributed by atoms with Crippen molar-refractivity contribution in [2.75, 3.05) is 11.5 Å². The van der Waals surface area contributed by atoms with Crippen molar-refractivity contribution in [2.45, 2.75) is 43.7 Å². The first-order valence-corrected chi connectivity index (χ1v) is 12.7. The van der Waals surface area contributed by atoms with Crippen molar-refractivity contribution >= 4 is 25.7 Å². The minimum Gasteiger partial charge on any atom is -0.396 e. The largest absolute Gasteiger partial charge is 0.396 e. The van der Waals surface area contributed by atoms with Gasteiger partial charge in [-0.1, -0.05) is 43.3 Å². The SMILES string of the molecule is C[C@@H]1[C@@H]([Si](C)(C)F)[C@H](CCO)O[C@@]12C(=O)N(c1ccccc1)c1ccccc12. The van der Waals surface area contributed by atoms with Crippen LogP contribution < -0.4 is 4.90 Å². The fourth-order valence-corrected chi connectivity index (χ4v) is 7.70. The monoisotopic (exact) mass is 399 g/mol. The summed E-state index contributed by atoms with van der Waals surface area (Å²) < 4.78 is 21.8. The van der Waals surface area contributed by atoms with Crippen LogP contribution in [0.4, 0.5) is 15.5 Å². The number of anilines is 2. The molecule has 0 radical (unpaired) electrons. The minimum absolute atomic E-state index is 0.0906. The summed E-state index contributed by atoms with van der Waals surface area (Å²) in [6.07, 6.45) is -0.142. The van der Waals surface area contributed by atoms with E-state index in [9.17, 15) is 9.90 Å². The van der Waals surface area contributed by atoms with Crippen LogP contribution in [0.5, 0.6) is 0 Å². The second-order valence-electron chi connectivity index (χ2n) is 8.28. The lowest BCUT2D eigenvalue weighted by atomic mass is 9.82. The average Bonchev–Trinajstić information content (AvgIpc) is 3.09. The number of nitrogens with zero attached hydrogens (tertiary/aromatic N) is 1. The van der Waals surface area contributed by atoms with E-state index in [2.05, 4.69) is 0 Å². The summed E-state index contributed by atoms with van der Waals surface area (Å²) >= 11 is 0. The van der Waals surface area contributed by atoms with Crippen LogP contribution in [-0.2, 0) is 15.1 Å². The number of hydrogen-bond acceptors (Lipinski definition) is 3. The van der Waals surface area contributed by atoms with Crippen LogP contribution in [0.1, 0.15) is 18.9 Å². The van der Waals surface area contributed by atoms with Crippen LogP contribution in [0.15, 0.2) is 54.6 Å². The van der Waals surface area contributed by atoms with Gasteiger partial charge < -0.3 is 14.0 Å². The molecule has 1 amide bonds. The van der Waals surface area contributed by atoms with Gasteiger partial charge in [0.1, 0.15) is 0 Å². The predicted molar refractivity (Wildman–Crippen MR) is 110 cm³/mol. The summed E-state index contributed by atoms with van der Waals surface area (Å²) in [6, 6.07) is 17.1. The highest BCUT2D eigenvalue weighted by Crippen LogP contribution is 2.60. The molecule has 1 fully saturated rings. The Labute approximate surface area is 166 Å². The second kappa shape index (κ2) is 6.79. The van der Waals surface area contributed by atoms with Gasteiger partial charge in [0.15, 0.2) is 5.60 Å². The molecule has 4 nitrogen and oxygen atoms in total. The molecule has 1 saturated heterocycles. The van der Waals surface area contributed by atoms with E-state index in [1.807, 2.05) is 61.5 Å². The minimum atomic E-state index is -3.14. The van der Waals surface area contributed by atoms with Gasteiger partial charge in [-0.3, -0.25) is 9.69 Å². The highest BCUT2D eigenvalue weighted by atomic mass is 28.4. The first-order chi connectivity index (χ1) is 13.3. The number of para-hydroxylation sites is 2. The number of aliphatic hydroxyl groups is 1. The number of ether oxygens (including phenoxy) is 1. The normalized spacial score (nSPS) is 29.5. The van der Waals surface area contributed by atoms with E-state index in [0.29, 0.717) is 6.42 Å². The molecule has 4 rings (SSSR count). The zero-order valence-corrected chi connectivity index (χ0v) is 17.4. The molecular weight excluding hydrogens is 373 g/mol. The number of amides is 1. The summed E-state index contributed by atoms with van der Waals surface area (Å²) in [5.74, 6) is -0.492. The number of benzene rings is 2. The Morgan fingerprint density at radius 2 is 1.79 bits per heavy atom. The highest BCUT2D eigenvalue weighted by molar-refractivity contribution is 6.72. The number of carbonyl (C=O) groups excluding carboxylic acids is 1. The van der Waals surface area contributed by atoms with Crippen LogP contribution in [0.2, 0.25) is 18.6 Å². The van der Waals surface area contributed by atoms with Crippen LogP contribution in [-0.4, -0.2) is 32.1 Å². The zero-order chi connectivity index (χ0) is 20.1. The van der Waals surface area contributed by atoms with Gasteiger partial charge in [-0.2, -0.15) is 0 Å². The van der Waals surface area contributed by atoms with Crippen molar-refractivity contribution in [2.24, 2.45) is 5.92 Å². The van der Waals surface area contributed by atoms with E-state index in [-0.39, 0.29) is 24.0 Å². The lowest BCUT2D eigenvalue weighted by molar-refractivity contribution is -0.145. The number of halogens is 1. The quantitative estimate of drug-likeness (QED) is 0.607. The maximum atomic E-state index is 15.3. The molecular formula is C22H26FNO3Si. The average molecular weight is 400 g/mol. The summed E-state index contributed by atoms with van der Waals surface area (Å²) in [5, 5.41) is 9.54. The molecule has 28 heavy (non-hydrogen) atoms. The third-order valence-corrected chi connectivity index (χ3v) is 8.66. The molecule has 148 valence electrons. The molecule has 2 heterocycles. The van der Waals surface area contributed by atoms with Gasteiger partial charge in [0.25, 0.3) is 5.91 Å². The molecule has 2 aliphatic rings. The summed E-state index contributed by atoms with van der Waals surface area (Å²) in [7, 11) is -3.14. The Morgan fingerprint density at radius 1 is 1.14 bits per heavy atom. The number of hydrogen-bond donors (Lipinski definition) is 1. The Morgan fingerprint density at radius 3 is 2.43 bits per heavy atom. The molecule has 0 aliphatic carbocycles. The third kappa shape index (κ3) is 2.66. The molecule has 1 N–H and O–H groups in total. The molecule has 6 heteroatoms. The fourth-order valence-electron chi connectivity index (χ4n) is 5.16. The highest BCUT2D eigenvalue weighted by Gasteiger charge is 2.66. The van der Waals surface area contributed by atoms with E-state index in [1.54, 1.807) is 18.0 Å². The molecule has 1 spiro atoms. The van der Waals surface area contributed by atoms with Gasteiger partial charge in [0, 0.05) is 29.3 Å². The summed E-state index contributed by atoms with van der Waals surface area (Å²) in [4.78, 5) is 15.5. The van der Waals surface area contributed by atoms with E-state index < -0.39 is 20.1 Å². The maximum absolute atomic E-state index is 15.3. The Hall–Kier alpha value is -2.02. The third-order valence-electron chi connectivity index (χ3n) is 6.20. The van der Waals surface area contributed by atoms with E-state index in [1.165, 1.54) is 0 Å². The van der Waals surface area contributed by atoms with Crippen molar-refractivity contribution in [3.8, 4) is 0 Å². The smallest absolute Gasteiger partial charge is 0.268 e. The van der Waals surface area contributed by atoms with Crippen molar-refractivity contribution in [1.82, 2.24) is 0 Å². The molecule has 0 saturated carbocycles. The Balaban J connectivity index is 1.89. The van der Waals surface area contributed by atoms with Gasteiger partial charge >= 0.3 is 0 Å². The van der Waals surface area contributed by atoms with Crippen LogP contribution in [0.3, 0.4) is 0 Å². The molecule has 2 aromatic rings. The van der Waals surface area contributed by atoms with Crippen LogP contribution in [0.25, 0.3) is 0 Å². The number of carbonyl (C=O) groups is 1. The molecule has 2 aromatic carbocycles. The number of rotatable bonds is 4. The van der Waals surface area contributed by atoms with Crippen LogP contribution >= 0.6 is 0 Å². The Bertz CT molecular complexity index is 885. The van der Waals surface area contributed by atoms with E-state index >= 15 is 4.11 Å². The van der Waals surface area contributed by atoms with E-state index in [4.69, 9.17) is 4.74 Å². The standard InChI is InChI=1S/C22H26FNO3Si/c1-15-20(28(2,3)23)19(13-14-25)27-22(15)17-11-7-8-12-18(17)24(21(22)26)16-9-5-4-6-10-16/h4-12,15,19-20,25H,13-14H2,1-3H3/t15-,19+,20-,22+/m1/s1. The summed E-state index contributed by atoms with van der Waals surface area (Å²) in [6.45, 7) is 5.18. The van der Waals surface area contributed by atoms with Gasteiger partial charge in [0.05, 0.1) is 11.8 Å². The topological polar surface area (TPSA) is 49.8 Å². The number of aliphatic hydroxyl groups excluding tert-OH is 1. The van der Waals surface area contributed by atoms with Crippen molar-refractivity contribution in [1.29, 1.82) is 0 Å². The molecule has 4 atom stereocenters. The summed E-state index contributed by atoms with van der Waals surface area (Å²) in [5.41, 5.74) is 0.763. The molecule has 2 aliphatic heterocycles. The number of fused-ring (bicyclic) bond motifs is 2. The fraction of sp³-hybridized carbons (Fsp3) is 0.409. The van der Waals surface area contributed by atoms with Gasteiger partial charge in [-0.25, -0.2) is 0 Å². The van der Waals surface area contributed by atoms with Gasteiger partial charge in [-0.05, 0) is 37.7 Å². The zero-order valence-electron chi connectivity index (χ0n) is 16.4. The first-order valence-electron chi connectivity index (χ1n) is 9.79. The predicted octanol–water partition coefficient (Wildman–Crippen LogP) is 4.52. The van der Waals surface area contributed by atoms with Crippen molar-refractivity contribution in [3.05, 3.63) is 60.2 Å². The second-order valence-corrected chi connectivity index (χ2v) is 12.1. The van der Waals surface area contributed by atoms with Crippen molar-refractivity contribution in [3.63, 3.8) is 0 Å². The Kier molecular flexibility index (Phi) is 4.68. The lowest BCUT2D eigenvalue weighted by Crippen LogP contribution is -2.44. The maximum Gasteiger partial charge on any atom is 0.268 e. The molecule has 0 aromatic heterocycles. The van der Waals surface area contributed by atoms with Gasteiger partial charge in [0.2, 0.25) is 8.41 Å². The van der Waals surface area contributed by atoms with Crippen molar-refractivity contribution < 1.29 is 18.7 Å². The lowest BCUT2D eigenvalue weighted by Gasteiger charge is -2.31.